The topological polar surface area (TPSA) is 21.3 Å². The highest BCUT2D eigenvalue weighted by Crippen LogP contribution is 2.24. The highest BCUT2D eigenvalue weighted by atomic mass is 79.9. The zero-order valence-corrected chi connectivity index (χ0v) is 12.4. The summed E-state index contributed by atoms with van der Waals surface area (Å²) in [7, 11) is 0. The molecule has 16 heavy (non-hydrogen) atoms. The summed E-state index contributed by atoms with van der Waals surface area (Å²) < 4.78 is 6.66. The van der Waals surface area contributed by atoms with Gasteiger partial charge in [0.1, 0.15) is 0 Å². The van der Waals surface area contributed by atoms with Gasteiger partial charge in [0.2, 0.25) is 0 Å². The highest BCUT2D eigenvalue weighted by Gasteiger charge is 2.06. The Hall–Kier alpha value is 0.1000. The Balaban J connectivity index is 2.09. The second-order valence-corrected chi connectivity index (χ2v) is 5.67. The van der Waals surface area contributed by atoms with Crippen molar-refractivity contribution in [2.24, 2.45) is 0 Å². The number of nitrogens with one attached hydrogen (secondary N) is 1. The Morgan fingerprint density at radius 1 is 1.50 bits per heavy atom. The second-order valence-electron chi connectivity index (χ2n) is 3.81. The molecular weight excluding hydrogens is 286 g/mol. The number of thiophene rings is 1. The average molecular weight is 306 g/mol. The molecule has 0 radical (unpaired) electrons. The number of unbranched alkanes of at least 4 members (excludes halogenated alkanes) is 1. The highest BCUT2D eigenvalue weighted by molar-refractivity contribution is 9.10. The van der Waals surface area contributed by atoms with E-state index in [2.05, 4.69) is 46.5 Å². The summed E-state index contributed by atoms with van der Waals surface area (Å²) in [6, 6.07) is 2.58. The first-order valence-electron chi connectivity index (χ1n) is 5.79. The molecule has 0 saturated heterocycles. The molecule has 1 N–H and O–H groups in total. The van der Waals surface area contributed by atoms with Crippen LogP contribution in [0.3, 0.4) is 0 Å². The van der Waals surface area contributed by atoms with Crippen molar-refractivity contribution < 1.29 is 4.74 Å². The number of hydrogen-bond donors (Lipinski definition) is 1. The van der Waals surface area contributed by atoms with E-state index in [0.717, 1.165) is 26.2 Å². The van der Waals surface area contributed by atoms with E-state index in [0.29, 0.717) is 6.04 Å². The Kier molecular flexibility index (Phi) is 7.28. The van der Waals surface area contributed by atoms with Gasteiger partial charge in [0.15, 0.2) is 0 Å². The van der Waals surface area contributed by atoms with Crippen LogP contribution in [0.25, 0.3) is 0 Å². The quantitative estimate of drug-likeness (QED) is 0.734. The first-order chi connectivity index (χ1) is 7.74. The summed E-state index contributed by atoms with van der Waals surface area (Å²) in [4.78, 5) is 1.36. The third-order valence-corrected chi connectivity index (χ3v) is 4.23. The van der Waals surface area contributed by atoms with Crippen molar-refractivity contribution in [3.63, 3.8) is 0 Å². The van der Waals surface area contributed by atoms with Crippen molar-refractivity contribution in [1.82, 2.24) is 5.32 Å². The summed E-state index contributed by atoms with van der Waals surface area (Å²) in [6.07, 6.45) is 2.36. The van der Waals surface area contributed by atoms with E-state index in [9.17, 15) is 0 Å². The summed E-state index contributed by atoms with van der Waals surface area (Å²) >= 11 is 5.25. The summed E-state index contributed by atoms with van der Waals surface area (Å²) in [5.41, 5.74) is 0. The first-order valence-corrected chi connectivity index (χ1v) is 7.46. The summed E-state index contributed by atoms with van der Waals surface area (Å²) in [5.74, 6) is 0. The lowest BCUT2D eigenvalue weighted by molar-refractivity contribution is 0.131. The maximum absolute atomic E-state index is 5.50. The Bertz CT molecular complexity index is 290. The number of ether oxygens (including phenoxy) is 1. The van der Waals surface area contributed by atoms with Gasteiger partial charge < -0.3 is 10.1 Å². The molecule has 0 aliphatic carbocycles. The Morgan fingerprint density at radius 2 is 2.31 bits per heavy atom. The maximum Gasteiger partial charge on any atom is 0.0591 e. The lowest BCUT2D eigenvalue weighted by atomic mass is 10.3. The molecule has 0 spiro atoms. The van der Waals surface area contributed by atoms with Crippen LogP contribution in [0.15, 0.2) is 15.9 Å². The lowest BCUT2D eigenvalue weighted by Gasteiger charge is -2.11. The van der Waals surface area contributed by atoms with E-state index in [-0.39, 0.29) is 0 Å². The van der Waals surface area contributed by atoms with Crippen LogP contribution in [0.5, 0.6) is 0 Å². The number of hydrogen-bond acceptors (Lipinski definition) is 3. The fraction of sp³-hybridized carbons (Fsp3) is 0.667. The number of halogens is 1. The molecule has 0 bridgehead atoms. The molecule has 1 unspecified atom stereocenters. The molecule has 1 aromatic rings. The molecule has 2 nitrogen and oxygen atoms in total. The number of rotatable bonds is 8. The Morgan fingerprint density at radius 3 is 2.94 bits per heavy atom. The molecule has 0 saturated carbocycles. The zero-order chi connectivity index (χ0) is 11.8. The molecule has 0 fully saturated rings. The first kappa shape index (κ1) is 14.2. The molecule has 1 rings (SSSR count). The molecule has 1 atom stereocenters. The van der Waals surface area contributed by atoms with Crippen molar-refractivity contribution >= 4 is 27.3 Å². The standard InChI is InChI=1S/C12H20BrNOS/c1-3-4-6-15-7-5-14-10(2)12-8-11(13)9-16-12/h8-10,14H,3-7H2,1-2H3. The van der Waals surface area contributed by atoms with Crippen LogP contribution in [0.2, 0.25) is 0 Å². The van der Waals surface area contributed by atoms with Gasteiger partial charge in [0, 0.05) is 33.9 Å². The summed E-state index contributed by atoms with van der Waals surface area (Å²) in [6.45, 7) is 6.97. The van der Waals surface area contributed by atoms with Crippen molar-refractivity contribution in [3.8, 4) is 0 Å². The van der Waals surface area contributed by atoms with Crippen LogP contribution in [-0.4, -0.2) is 19.8 Å². The third-order valence-electron chi connectivity index (χ3n) is 2.35. The van der Waals surface area contributed by atoms with Crippen LogP contribution in [0, 0.1) is 0 Å². The molecule has 1 aromatic heterocycles. The molecule has 0 aliphatic heterocycles. The van der Waals surface area contributed by atoms with E-state index in [1.807, 2.05) is 0 Å². The molecular formula is C12H20BrNOS. The van der Waals surface area contributed by atoms with Crippen molar-refractivity contribution in [3.05, 3.63) is 20.8 Å². The average Bonchev–Trinajstić information content (AvgIpc) is 2.70. The SMILES string of the molecule is CCCCOCCNC(C)c1cc(Br)cs1. The minimum absolute atomic E-state index is 0.408. The second kappa shape index (κ2) is 8.23. The van der Waals surface area contributed by atoms with E-state index >= 15 is 0 Å². The van der Waals surface area contributed by atoms with E-state index in [4.69, 9.17) is 4.74 Å². The fourth-order valence-corrected chi connectivity index (χ4v) is 2.83. The normalized spacial score (nSPS) is 12.9. The van der Waals surface area contributed by atoms with Gasteiger partial charge >= 0.3 is 0 Å². The Labute approximate surface area is 111 Å². The van der Waals surface area contributed by atoms with Gasteiger partial charge in [-0.3, -0.25) is 0 Å². The summed E-state index contributed by atoms with van der Waals surface area (Å²) in [5, 5.41) is 5.57. The van der Waals surface area contributed by atoms with Gasteiger partial charge in [0.05, 0.1) is 6.61 Å². The monoisotopic (exact) mass is 305 g/mol. The van der Waals surface area contributed by atoms with Crippen molar-refractivity contribution in [2.45, 2.75) is 32.7 Å². The molecule has 0 aromatic carbocycles. The van der Waals surface area contributed by atoms with Crippen LogP contribution in [0.1, 0.15) is 37.6 Å². The van der Waals surface area contributed by atoms with E-state index < -0.39 is 0 Å². The van der Waals surface area contributed by atoms with Crippen LogP contribution >= 0.6 is 27.3 Å². The predicted molar refractivity (Wildman–Crippen MR) is 74.2 cm³/mol. The minimum atomic E-state index is 0.408. The predicted octanol–water partition coefficient (Wildman–Crippen LogP) is 3.98. The molecule has 0 amide bonds. The third kappa shape index (κ3) is 5.43. The van der Waals surface area contributed by atoms with Crippen LogP contribution in [-0.2, 0) is 4.74 Å². The van der Waals surface area contributed by atoms with Gasteiger partial charge in [-0.1, -0.05) is 13.3 Å². The van der Waals surface area contributed by atoms with Gasteiger partial charge in [-0.25, -0.2) is 0 Å². The molecule has 92 valence electrons. The van der Waals surface area contributed by atoms with Gasteiger partial charge in [-0.15, -0.1) is 11.3 Å². The van der Waals surface area contributed by atoms with Gasteiger partial charge in [0.25, 0.3) is 0 Å². The molecule has 0 aliphatic rings. The van der Waals surface area contributed by atoms with Crippen LogP contribution < -0.4 is 5.32 Å². The fourth-order valence-electron chi connectivity index (χ4n) is 1.35. The van der Waals surface area contributed by atoms with Gasteiger partial charge in [-0.2, -0.15) is 0 Å². The smallest absolute Gasteiger partial charge is 0.0591 e. The van der Waals surface area contributed by atoms with Crippen molar-refractivity contribution in [2.75, 3.05) is 19.8 Å². The van der Waals surface area contributed by atoms with E-state index in [1.54, 1.807) is 11.3 Å². The molecule has 1 heterocycles. The van der Waals surface area contributed by atoms with E-state index in [1.165, 1.54) is 15.8 Å². The lowest BCUT2D eigenvalue weighted by Crippen LogP contribution is -2.22. The largest absolute Gasteiger partial charge is 0.380 e. The maximum atomic E-state index is 5.50. The van der Waals surface area contributed by atoms with Gasteiger partial charge in [-0.05, 0) is 35.3 Å². The minimum Gasteiger partial charge on any atom is -0.380 e. The van der Waals surface area contributed by atoms with Crippen LogP contribution in [0.4, 0.5) is 0 Å². The van der Waals surface area contributed by atoms with Crippen molar-refractivity contribution in [1.29, 1.82) is 0 Å². The zero-order valence-electron chi connectivity index (χ0n) is 9.96. The molecule has 4 heteroatoms.